The van der Waals surface area contributed by atoms with Gasteiger partial charge in [-0.15, -0.1) is 11.8 Å². The van der Waals surface area contributed by atoms with Gasteiger partial charge in [-0.2, -0.15) is 0 Å². The standard InChI is InChI=1S/C13H19NO2S/c1-16-13(15)8-5-11(14)9-10-3-6-12(17-2)7-4-10/h3-4,6-7,11H,5,8-9,14H2,1-2H3. The van der Waals surface area contributed by atoms with Crippen molar-refractivity contribution in [1.29, 1.82) is 0 Å². The predicted octanol–water partition coefficient (Wildman–Crippen LogP) is 2.23. The van der Waals surface area contributed by atoms with Gasteiger partial charge >= 0.3 is 5.97 Å². The van der Waals surface area contributed by atoms with Gasteiger partial charge in [0.05, 0.1) is 7.11 Å². The Morgan fingerprint density at radius 3 is 2.59 bits per heavy atom. The molecule has 0 amide bonds. The molecule has 3 nitrogen and oxygen atoms in total. The van der Waals surface area contributed by atoms with Crippen molar-refractivity contribution in [3.8, 4) is 0 Å². The van der Waals surface area contributed by atoms with E-state index in [9.17, 15) is 4.79 Å². The number of esters is 1. The lowest BCUT2D eigenvalue weighted by molar-refractivity contribution is -0.140. The van der Waals surface area contributed by atoms with Crippen molar-refractivity contribution in [2.45, 2.75) is 30.2 Å². The summed E-state index contributed by atoms with van der Waals surface area (Å²) >= 11 is 1.72. The van der Waals surface area contributed by atoms with E-state index >= 15 is 0 Å². The van der Waals surface area contributed by atoms with Crippen molar-refractivity contribution in [3.05, 3.63) is 29.8 Å². The SMILES string of the molecule is COC(=O)CCC(N)Cc1ccc(SC)cc1. The Morgan fingerprint density at radius 1 is 1.41 bits per heavy atom. The monoisotopic (exact) mass is 253 g/mol. The van der Waals surface area contributed by atoms with Gasteiger partial charge in [-0.05, 0) is 36.8 Å². The molecule has 0 aliphatic rings. The summed E-state index contributed by atoms with van der Waals surface area (Å²) < 4.78 is 4.58. The van der Waals surface area contributed by atoms with Gasteiger partial charge in [0.1, 0.15) is 0 Å². The fraction of sp³-hybridized carbons (Fsp3) is 0.462. The Labute approximate surface area is 107 Å². The third kappa shape index (κ3) is 5.24. The molecular formula is C13H19NO2S. The molecule has 0 fully saturated rings. The van der Waals surface area contributed by atoms with Crippen molar-refractivity contribution in [2.24, 2.45) is 5.73 Å². The zero-order chi connectivity index (χ0) is 12.7. The molecule has 0 aromatic heterocycles. The molecule has 0 spiro atoms. The molecule has 0 bridgehead atoms. The average molecular weight is 253 g/mol. The lowest BCUT2D eigenvalue weighted by Gasteiger charge is -2.11. The van der Waals surface area contributed by atoms with Crippen LogP contribution in [0.15, 0.2) is 29.2 Å². The van der Waals surface area contributed by atoms with Gasteiger partial charge in [0.25, 0.3) is 0 Å². The van der Waals surface area contributed by atoms with Gasteiger partial charge in [0.15, 0.2) is 0 Å². The van der Waals surface area contributed by atoms with E-state index in [2.05, 4.69) is 35.3 Å². The van der Waals surface area contributed by atoms with Crippen LogP contribution in [0.1, 0.15) is 18.4 Å². The minimum absolute atomic E-state index is 0.00855. The lowest BCUT2D eigenvalue weighted by Crippen LogP contribution is -2.24. The molecule has 1 rings (SSSR count). The fourth-order valence-electron chi connectivity index (χ4n) is 1.57. The first-order valence-electron chi connectivity index (χ1n) is 5.61. The normalized spacial score (nSPS) is 12.2. The fourth-order valence-corrected chi connectivity index (χ4v) is 1.98. The van der Waals surface area contributed by atoms with Crippen LogP contribution in [0.3, 0.4) is 0 Å². The van der Waals surface area contributed by atoms with Crippen molar-refractivity contribution in [1.82, 2.24) is 0 Å². The number of nitrogens with two attached hydrogens (primary N) is 1. The van der Waals surface area contributed by atoms with Crippen LogP contribution in [0.4, 0.5) is 0 Å². The number of hydrogen-bond acceptors (Lipinski definition) is 4. The third-order valence-electron chi connectivity index (χ3n) is 2.60. The van der Waals surface area contributed by atoms with Crippen LogP contribution in [-0.2, 0) is 16.0 Å². The smallest absolute Gasteiger partial charge is 0.305 e. The van der Waals surface area contributed by atoms with E-state index in [4.69, 9.17) is 5.73 Å². The first kappa shape index (κ1) is 14.1. The van der Waals surface area contributed by atoms with Crippen LogP contribution in [0, 0.1) is 0 Å². The maximum atomic E-state index is 11.0. The summed E-state index contributed by atoms with van der Waals surface area (Å²) in [4.78, 5) is 12.2. The van der Waals surface area contributed by atoms with Crippen LogP contribution in [0.5, 0.6) is 0 Å². The Hall–Kier alpha value is -1.00. The number of rotatable bonds is 6. The maximum Gasteiger partial charge on any atom is 0.305 e. The van der Waals surface area contributed by atoms with Crippen molar-refractivity contribution >= 4 is 17.7 Å². The van der Waals surface area contributed by atoms with Crippen molar-refractivity contribution < 1.29 is 9.53 Å². The number of methoxy groups -OCH3 is 1. The Morgan fingerprint density at radius 2 is 2.06 bits per heavy atom. The molecule has 1 aromatic carbocycles. The molecule has 94 valence electrons. The number of thioether (sulfide) groups is 1. The average Bonchev–Trinajstić information content (AvgIpc) is 2.36. The number of benzene rings is 1. The van der Waals surface area contributed by atoms with E-state index in [1.807, 2.05) is 0 Å². The van der Waals surface area contributed by atoms with Crippen LogP contribution < -0.4 is 5.73 Å². The Balaban J connectivity index is 2.39. The molecular weight excluding hydrogens is 234 g/mol. The summed E-state index contributed by atoms with van der Waals surface area (Å²) in [6.45, 7) is 0. The molecule has 0 aliphatic carbocycles. The zero-order valence-corrected chi connectivity index (χ0v) is 11.1. The number of carbonyl (C=O) groups excluding carboxylic acids is 1. The van der Waals surface area contributed by atoms with Crippen molar-refractivity contribution in [3.63, 3.8) is 0 Å². The molecule has 1 unspecified atom stereocenters. The molecule has 4 heteroatoms. The highest BCUT2D eigenvalue weighted by molar-refractivity contribution is 7.98. The quantitative estimate of drug-likeness (QED) is 0.624. The number of ether oxygens (including phenoxy) is 1. The zero-order valence-electron chi connectivity index (χ0n) is 10.3. The van der Waals surface area contributed by atoms with Crippen molar-refractivity contribution in [2.75, 3.05) is 13.4 Å². The van der Waals surface area contributed by atoms with Crippen LogP contribution in [-0.4, -0.2) is 25.4 Å². The second kappa shape index (κ2) is 7.35. The first-order valence-corrected chi connectivity index (χ1v) is 6.83. The summed E-state index contributed by atoms with van der Waals surface area (Å²) in [5.41, 5.74) is 7.17. The topological polar surface area (TPSA) is 52.3 Å². The number of carbonyl (C=O) groups is 1. The minimum atomic E-state index is -0.196. The molecule has 1 atom stereocenters. The Kier molecular flexibility index (Phi) is 6.08. The summed E-state index contributed by atoms with van der Waals surface area (Å²) in [5.74, 6) is -0.196. The van der Waals surface area contributed by atoms with Gasteiger partial charge in [-0.3, -0.25) is 4.79 Å². The summed E-state index contributed by atoms with van der Waals surface area (Å²) in [6, 6.07) is 8.36. The molecule has 1 aromatic rings. The predicted molar refractivity (Wildman–Crippen MR) is 71.2 cm³/mol. The molecule has 0 heterocycles. The van der Waals surface area contributed by atoms with E-state index in [0.29, 0.717) is 12.8 Å². The van der Waals surface area contributed by atoms with Crippen LogP contribution >= 0.6 is 11.8 Å². The maximum absolute atomic E-state index is 11.0. The largest absolute Gasteiger partial charge is 0.469 e. The summed E-state index contributed by atoms with van der Waals surface area (Å²) in [7, 11) is 1.40. The Bertz CT molecular complexity index is 351. The minimum Gasteiger partial charge on any atom is -0.469 e. The van der Waals surface area contributed by atoms with Crippen LogP contribution in [0.2, 0.25) is 0 Å². The second-order valence-electron chi connectivity index (χ2n) is 3.93. The molecule has 0 saturated carbocycles. The van der Waals surface area contributed by atoms with E-state index < -0.39 is 0 Å². The summed E-state index contributed by atoms with van der Waals surface area (Å²) in [5, 5.41) is 0. The highest BCUT2D eigenvalue weighted by Crippen LogP contribution is 2.16. The molecule has 0 saturated heterocycles. The van der Waals surface area contributed by atoms with Gasteiger partial charge in [-0.1, -0.05) is 12.1 Å². The lowest BCUT2D eigenvalue weighted by atomic mass is 10.0. The molecule has 0 aliphatic heterocycles. The third-order valence-corrected chi connectivity index (χ3v) is 3.35. The first-order chi connectivity index (χ1) is 8.15. The van der Waals surface area contributed by atoms with E-state index in [1.54, 1.807) is 11.8 Å². The number of hydrogen-bond donors (Lipinski definition) is 1. The van der Waals surface area contributed by atoms with Gasteiger partial charge in [-0.25, -0.2) is 0 Å². The van der Waals surface area contributed by atoms with Gasteiger partial charge < -0.3 is 10.5 Å². The highest BCUT2D eigenvalue weighted by atomic mass is 32.2. The molecule has 2 N–H and O–H groups in total. The summed E-state index contributed by atoms with van der Waals surface area (Å²) in [6.07, 6.45) is 3.90. The van der Waals surface area contributed by atoms with Crippen LogP contribution in [0.25, 0.3) is 0 Å². The molecule has 17 heavy (non-hydrogen) atoms. The van der Waals surface area contributed by atoms with E-state index in [1.165, 1.54) is 17.6 Å². The highest BCUT2D eigenvalue weighted by Gasteiger charge is 2.08. The second-order valence-corrected chi connectivity index (χ2v) is 4.81. The molecule has 0 radical (unpaired) electrons. The van der Waals surface area contributed by atoms with E-state index in [-0.39, 0.29) is 12.0 Å². The van der Waals surface area contributed by atoms with E-state index in [0.717, 1.165) is 6.42 Å². The van der Waals surface area contributed by atoms with Gasteiger partial charge in [0, 0.05) is 17.4 Å². The van der Waals surface area contributed by atoms with Gasteiger partial charge in [0.2, 0.25) is 0 Å².